The first-order valence-electron chi connectivity index (χ1n) is 5.91. The highest BCUT2D eigenvalue weighted by Gasteiger charge is 2.28. The highest BCUT2D eigenvalue weighted by Crippen LogP contribution is 2.28. The van der Waals surface area contributed by atoms with Gasteiger partial charge in [-0.25, -0.2) is 9.78 Å². The highest BCUT2D eigenvalue weighted by molar-refractivity contribution is 5.70. The number of rotatable bonds is 1. The smallest absolute Gasteiger partial charge is 0.408 e. The number of nitrogens with zero attached hydrogens (tertiary/aromatic N) is 5. The summed E-state index contributed by atoms with van der Waals surface area (Å²) in [6.07, 6.45) is 4.80. The van der Waals surface area contributed by atoms with Gasteiger partial charge in [0.05, 0.1) is 12.5 Å². The number of amides is 1. The Morgan fingerprint density at radius 3 is 3.17 bits per heavy atom. The number of hydrogen-bond donors (Lipinski definition) is 1. The molecule has 0 aliphatic carbocycles. The molecule has 3 rings (SSSR count). The Hall–Kier alpha value is -2.18. The number of piperidine rings is 1. The van der Waals surface area contributed by atoms with E-state index in [0.717, 1.165) is 24.8 Å². The lowest BCUT2D eigenvalue weighted by atomic mass is 10.1. The Bertz CT molecular complexity index is 582. The summed E-state index contributed by atoms with van der Waals surface area (Å²) in [6, 6.07) is 1.77. The molecule has 18 heavy (non-hydrogen) atoms. The lowest BCUT2D eigenvalue weighted by Crippen LogP contribution is -2.40. The second-order valence-electron chi connectivity index (χ2n) is 4.34. The lowest BCUT2D eigenvalue weighted by molar-refractivity contribution is 0.0808. The van der Waals surface area contributed by atoms with Gasteiger partial charge in [-0.15, -0.1) is 5.10 Å². The highest BCUT2D eigenvalue weighted by atomic mass is 16.4. The van der Waals surface area contributed by atoms with E-state index in [1.165, 1.54) is 4.90 Å². The summed E-state index contributed by atoms with van der Waals surface area (Å²) in [5.41, 5.74) is 1.37. The summed E-state index contributed by atoms with van der Waals surface area (Å²) in [7, 11) is 0. The summed E-state index contributed by atoms with van der Waals surface area (Å²) >= 11 is 0. The molecule has 1 fully saturated rings. The summed E-state index contributed by atoms with van der Waals surface area (Å²) in [5.74, 6) is 0. The molecule has 2 aromatic heterocycles. The monoisotopic (exact) mass is 247 g/mol. The Kier molecular flexibility index (Phi) is 2.58. The fraction of sp³-hybridized carbons (Fsp3) is 0.455. The molecule has 0 aromatic carbocycles. The summed E-state index contributed by atoms with van der Waals surface area (Å²) < 4.78 is 1.80. The van der Waals surface area contributed by atoms with Crippen LogP contribution >= 0.6 is 0 Å². The van der Waals surface area contributed by atoms with Crippen molar-refractivity contribution < 1.29 is 9.90 Å². The maximum Gasteiger partial charge on any atom is 0.408 e. The molecule has 7 nitrogen and oxygen atoms in total. The Morgan fingerprint density at radius 1 is 1.44 bits per heavy atom. The molecule has 1 N–H and O–H groups in total. The molecule has 0 saturated carbocycles. The number of carboxylic acid groups (broad SMARTS) is 1. The van der Waals surface area contributed by atoms with Crippen LogP contribution in [0.25, 0.3) is 11.2 Å². The van der Waals surface area contributed by atoms with Crippen molar-refractivity contribution in [2.24, 2.45) is 0 Å². The third-order valence-corrected chi connectivity index (χ3v) is 3.28. The maximum absolute atomic E-state index is 11.3. The van der Waals surface area contributed by atoms with Gasteiger partial charge in [0.15, 0.2) is 5.65 Å². The summed E-state index contributed by atoms with van der Waals surface area (Å²) in [5, 5.41) is 17.1. The third-order valence-electron chi connectivity index (χ3n) is 3.28. The van der Waals surface area contributed by atoms with Crippen LogP contribution in [0, 0.1) is 0 Å². The standard InChI is InChI=1S/C11H13N5O2/c17-11(18)15-6-2-1-3-9(15)16-7-12-8-4-5-13-14-10(8)16/h4-5,7,9H,1-3,6H2,(H,17,18). The third kappa shape index (κ3) is 1.68. The summed E-state index contributed by atoms with van der Waals surface area (Å²) in [6.45, 7) is 0.555. The second-order valence-corrected chi connectivity index (χ2v) is 4.34. The van der Waals surface area contributed by atoms with Crippen LogP contribution in [0.15, 0.2) is 18.6 Å². The zero-order valence-corrected chi connectivity index (χ0v) is 9.73. The predicted molar refractivity (Wildman–Crippen MR) is 62.9 cm³/mol. The molecular formula is C11H13N5O2. The number of likely N-dealkylation sites (tertiary alicyclic amines) is 1. The number of hydrogen-bond acceptors (Lipinski definition) is 4. The molecule has 94 valence electrons. The second kappa shape index (κ2) is 4.25. The van der Waals surface area contributed by atoms with Crippen molar-refractivity contribution in [3.8, 4) is 0 Å². The number of aromatic nitrogens is 4. The lowest BCUT2D eigenvalue weighted by Gasteiger charge is -2.34. The molecule has 1 aliphatic rings. The first kappa shape index (κ1) is 10.9. The molecule has 0 spiro atoms. The van der Waals surface area contributed by atoms with Crippen LogP contribution in [0.3, 0.4) is 0 Å². The SMILES string of the molecule is O=C(O)N1CCCCC1n1cnc2ccnnc21. The molecule has 1 aliphatic heterocycles. The fourth-order valence-electron chi connectivity index (χ4n) is 2.43. The largest absolute Gasteiger partial charge is 0.465 e. The van der Waals surface area contributed by atoms with E-state index in [9.17, 15) is 9.90 Å². The van der Waals surface area contributed by atoms with Crippen molar-refractivity contribution in [1.82, 2.24) is 24.6 Å². The van der Waals surface area contributed by atoms with Crippen LogP contribution in [-0.4, -0.2) is 42.4 Å². The van der Waals surface area contributed by atoms with Crippen molar-refractivity contribution in [3.63, 3.8) is 0 Å². The molecule has 0 bridgehead atoms. The quantitative estimate of drug-likeness (QED) is 0.825. The number of imidazole rings is 1. The van der Waals surface area contributed by atoms with Gasteiger partial charge >= 0.3 is 6.09 Å². The summed E-state index contributed by atoms with van der Waals surface area (Å²) in [4.78, 5) is 16.9. The Morgan fingerprint density at radius 2 is 2.33 bits per heavy atom. The fourth-order valence-corrected chi connectivity index (χ4v) is 2.43. The average Bonchev–Trinajstić information content (AvgIpc) is 2.82. The van der Waals surface area contributed by atoms with Crippen LogP contribution in [0.1, 0.15) is 25.4 Å². The zero-order chi connectivity index (χ0) is 12.5. The maximum atomic E-state index is 11.3. The van der Waals surface area contributed by atoms with E-state index in [4.69, 9.17) is 0 Å². The minimum Gasteiger partial charge on any atom is -0.465 e. The first-order valence-corrected chi connectivity index (χ1v) is 5.91. The number of carbonyl (C=O) groups is 1. The van der Waals surface area contributed by atoms with Crippen LogP contribution in [0.4, 0.5) is 4.79 Å². The van der Waals surface area contributed by atoms with Gasteiger partial charge in [0.2, 0.25) is 0 Å². The van der Waals surface area contributed by atoms with Crippen molar-refractivity contribution >= 4 is 17.3 Å². The van der Waals surface area contributed by atoms with Crippen LogP contribution in [0.2, 0.25) is 0 Å². The topological polar surface area (TPSA) is 84.1 Å². The molecule has 1 atom stereocenters. The van der Waals surface area contributed by atoms with Gasteiger partial charge in [-0.3, -0.25) is 9.47 Å². The van der Waals surface area contributed by atoms with Crippen LogP contribution < -0.4 is 0 Å². The van der Waals surface area contributed by atoms with E-state index in [2.05, 4.69) is 15.2 Å². The van der Waals surface area contributed by atoms with Crippen molar-refractivity contribution in [2.45, 2.75) is 25.4 Å². The average molecular weight is 247 g/mol. The van der Waals surface area contributed by atoms with E-state index in [-0.39, 0.29) is 6.17 Å². The van der Waals surface area contributed by atoms with Gasteiger partial charge in [-0.2, -0.15) is 5.10 Å². The molecule has 3 heterocycles. The number of fused-ring (bicyclic) bond motifs is 1. The van der Waals surface area contributed by atoms with Gasteiger partial charge in [0, 0.05) is 6.54 Å². The van der Waals surface area contributed by atoms with E-state index in [0.29, 0.717) is 12.2 Å². The molecule has 1 unspecified atom stereocenters. The molecular weight excluding hydrogens is 234 g/mol. The van der Waals surface area contributed by atoms with Crippen molar-refractivity contribution in [3.05, 3.63) is 18.6 Å². The van der Waals surface area contributed by atoms with E-state index in [1.807, 2.05) is 0 Å². The van der Waals surface area contributed by atoms with Crippen molar-refractivity contribution in [1.29, 1.82) is 0 Å². The minimum absolute atomic E-state index is 0.224. The predicted octanol–water partition coefficient (Wildman–Crippen LogP) is 1.49. The normalized spacial score (nSPS) is 20.2. The van der Waals surface area contributed by atoms with Crippen molar-refractivity contribution in [2.75, 3.05) is 6.54 Å². The van der Waals surface area contributed by atoms with Gasteiger partial charge in [-0.05, 0) is 25.3 Å². The molecule has 7 heteroatoms. The van der Waals surface area contributed by atoms with Gasteiger partial charge in [0.25, 0.3) is 0 Å². The van der Waals surface area contributed by atoms with Crippen LogP contribution in [0.5, 0.6) is 0 Å². The zero-order valence-electron chi connectivity index (χ0n) is 9.73. The van der Waals surface area contributed by atoms with Gasteiger partial charge in [-0.1, -0.05) is 0 Å². The Balaban J connectivity index is 2.04. The molecule has 1 amide bonds. The molecule has 1 saturated heterocycles. The van der Waals surface area contributed by atoms with Gasteiger partial charge < -0.3 is 5.11 Å². The van der Waals surface area contributed by atoms with E-state index in [1.54, 1.807) is 23.2 Å². The first-order chi connectivity index (χ1) is 8.77. The molecule has 0 radical (unpaired) electrons. The minimum atomic E-state index is -0.898. The van der Waals surface area contributed by atoms with Crippen LogP contribution in [-0.2, 0) is 0 Å². The molecule has 2 aromatic rings. The Labute approximate surface area is 103 Å². The van der Waals surface area contributed by atoms with Gasteiger partial charge in [0.1, 0.15) is 11.7 Å². The van der Waals surface area contributed by atoms with E-state index < -0.39 is 6.09 Å². The van der Waals surface area contributed by atoms with E-state index >= 15 is 0 Å².